The van der Waals surface area contributed by atoms with Gasteiger partial charge in [0.1, 0.15) is 6.10 Å². The molecule has 0 heterocycles. The number of rotatable bonds is 5. The van der Waals surface area contributed by atoms with Crippen molar-refractivity contribution in [1.82, 2.24) is 0 Å². The number of methoxy groups -OCH3 is 1. The zero-order valence-corrected chi connectivity index (χ0v) is 20.0. The van der Waals surface area contributed by atoms with E-state index in [1.54, 1.807) is 43.5 Å². The van der Waals surface area contributed by atoms with Crippen molar-refractivity contribution in [3.63, 3.8) is 0 Å². The Balaban J connectivity index is 1.29. The van der Waals surface area contributed by atoms with Crippen LogP contribution in [-0.2, 0) is 14.3 Å². The maximum atomic E-state index is 13.3. The second kappa shape index (κ2) is 9.55. The summed E-state index contributed by atoms with van der Waals surface area (Å²) in [5.74, 6) is 0.218. The fourth-order valence-corrected chi connectivity index (χ4v) is 6.23. The van der Waals surface area contributed by atoms with E-state index in [4.69, 9.17) is 20.9 Å². The number of ketones is 2. The minimum Gasteiger partial charge on any atom is -0.462 e. The molecule has 5 atom stereocenters. The number of hydrogen-bond donors (Lipinski definition) is 2. The summed E-state index contributed by atoms with van der Waals surface area (Å²) in [7, 11) is 1.78. The fraction of sp³-hybridized carbons (Fsp3) is 0.464. The van der Waals surface area contributed by atoms with Gasteiger partial charge < -0.3 is 20.9 Å². The Morgan fingerprint density at radius 1 is 0.914 bits per heavy atom. The van der Waals surface area contributed by atoms with Crippen molar-refractivity contribution in [1.29, 1.82) is 0 Å². The van der Waals surface area contributed by atoms with Crippen LogP contribution in [0.2, 0.25) is 0 Å². The lowest BCUT2D eigenvalue weighted by atomic mass is 9.69. The van der Waals surface area contributed by atoms with E-state index in [9.17, 15) is 14.4 Å². The lowest BCUT2D eigenvalue weighted by molar-refractivity contribution is -0.153. The normalized spacial score (nSPS) is 26.3. The minimum absolute atomic E-state index is 0.0736. The fourth-order valence-electron chi connectivity index (χ4n) is 6.23. The van der Waals surface area contributed by atoms with E-state index in [1.165, 1.54) is 0 Å². The molecule has 4 N–H and O–H groups in total. The summed E-state index contributed by atoms with van der Waals surface area (Å²) in [4.78, 5) is 39.3. The molecule has 0 amide bonds. The van der Waals surface area contributed by atoms with E-state index in [0.29, 0.717) is 34.6 Å². The molecule has 0 aromatic heterocycles. The highest BCUT2D eigenvalue weighted by Gasteiger charge is 2.38. The first-order valence-electron chi connectivity index (χ1n) is 12.5. The third-order valence-electron chi connectivity index (χ3n) is 8.07. The third kappa shape index (κ3) is 4.39. The van der Waals surface area contributed by atoms with Gasteiger partial charge in [-0.05, 0) is 62.0 Å². The number of nitrogens with two attached hydrogens (primary N) is 2. The lowest BCUT2D eigenvalue weighted by Crippen LogP contribution is -2.37. The highest BCUT2D eigenvalue weighted by Crippen LogP contribution is 2.42. The molecular formula is C28H32N2O5. The molecule has 3 aliphatic carbocycles. The van der Waals surface area contributed by atoms with E-state index in [-0.39, 0.29) is 46.9 Å². The van der Waals surface area contributed by atoms with Crippen LogP contribution in [-0.4, -0.2) is 36.9 Å². The number of anilines is 1. The second-order valence-electron chi connectivity index (χ2n) is 10.1. The highest BCUT2D eigenvalue weighted by atomic mass is 16.5. The number of ether oxygens (including phenoxy) is 2. The lowest BCUT2D eigenvalue weighted by Gasteiger charge is -2.41. The van der Waals surface area contributed by atoms with Gasteiger partial charge in [0.25, 0.3) is 0 Å². The van der Waals surface area contributed by atoms with Gasteiger partial charge in [0.15, 0.2) is 11.6 Å². The van der Waals surface area contributed by atoms with Crippen LogP contribution in [0.3, 0.4) is 0 Å². The smallest absolute Gasteiger partial charge is 0.307 e. The standard InChI is InChI=1S/C28H32N2O5/c1-34-17-8-6-16-13-18(9-7-15(16)12-17)35-24(31)14-23(30)21-10-11-22(29)26-25(21)27(32)19-4-2-3-5-20(19)28(26)33/h2-5,10-11,15-18,23H,6-9,12-14,29-30H2,1H3. The van der Waals surface area contributed by atoms with Crippen LogP contribution in [0, 0.1) is 11.8 Å². The molecule has 5 unspecified atom stereocenters. The first-order chi connectivity index (χ1) is 16.9. The van der Waals surface area contributed by atoms with Crippen molar-refractivity contribution in [2.75, 3.05) is 12.8 Å². The van der Waals surface area contributed by atoms with E-state index < -0.39 is 6.04 Å². The number of fused-ring (bicyclic) bond motifs is 3. The van der Waals surface area contributed by atoms with Gasteiger partial charge in [-0.3, -0.25) is 14.4 Å². The van der Waals surface area contributed by atoms with Gasteiger partial charge in [-0.25, -0.2) is 0 Å². The van der Waals surface area contributed by atoms with Crippen molar-refractivity contribution in [2.24, 2.45) is 17.6 Å². The minimum atomic E-state index is -0.785. The molecule has 2 aromatic carbocycles. The molecule has 0 radical (unpaired) electrons. The van der Waals surface area contributed by atoms with Crippen molar-refractivity contribution >= 4 is 23.2 Å². The number of carbonyl (C=O) groups is 3. The predicted molar refractivity (Wildman–Crippen MR) is 131 cm³/mol. The molecule has 0 saturated heterocycles. The van der Waals surface area contributed by atoms with Crippen LogP contribution < -0.4 is 11.5 Å². The molecule has 2 fully saturated rings. The van der Waals surface area contributed by atoms with E-state index in [0.717, 1.165) is 38.5 Å². The van der Waals surface area contributed by atoms with Crippen LogP contribution in [0.4, 0.5) is 5.69 Å². The van der Waals surface area contributed by atoms with Crippen molar-refractivity contribution in [3.05, 3.63) is 64.2 Å². The van der Waals surface area contributed by atoms with E-state index >= 15 is 0 Å². The van der Waals surface area contributed by atoms with Crippen molar-refractivity contribution < 1.29 is 23.9 Å². The molecule has 0 aliphatic heterocycles. The topological polar surface area (TPSA) is 122 Å². The molecule has 0 bridgehead atoms. The quantitative estimate of drug-likeness (QED) is 0.422. The zero-order chi connectivity index (χ0) is 24.7. The van der Waals surface area contributed by atoms with Crippen LogP contribution in [0.25, 0.3) is 0 Å². The SMILES string of the molecule is COC1CCC2CC(OC(=O)CC(N)c3ccc(N)c4c3C(=O)c3ccccc3C4=O)CCC2C1. The van der Waals surface area contributed by atoms with Gasteiger partial charge in [-0.2, -0.15) is 0 Å². The third-order valence-corrected chi connectivity index (χ3v) is 8.07. The molecule has 7 heteroatoms. The number of esters is 1. The maximum Gasteiger partial charge on any atom is 0.307 e. The van der Waals surface area contributed by atoms with Gasteiger partial charge in [0.2, 0.25) is 0 Å². The molecule has 5 rings (SSSR count). The number of carbonyl (C=O) groups excluding carboxylic acids is 3. The first-order valence-corrected chi connectivity index (χ1v) is 12.5. The van der Waals surface area contributed by atoms with E-state index in [2.05, 4.69) is 0 Å². The average Bonchev–Trinajstić information content (AvgIpc) is 2.86. The molecule has 2 saturated carbocycles. The predicted octanol–water partition coefficient (Wildman–Crippen LogP) is 3.96. The van der Waals surface area contributed by atoms with Gasteiger partial charge in [-0.1, -0.05) is 30.3 Å². The van der Waals surface area contributed by atoms with Crippen molar-refractivity contribution in [2.45, 2.75) is 63.2 Å². The molecule has 35 heavy (non-hydrogen) atoms. The Morgan fingerprint density at radius 2 is 1.51 bits per heavy atom. The van der Waals surface area contributed by atoms with Gasteiger partial charge >= 0.3 is 5.97 Å². The summed E-state index contributed by atoms with van der Waals surface area (Å²) < 4.78 is 11.4. The highest BCUT2D eigenvalue weighted by molar-refractivity contribution is 6.30. The molecular weight excluding hydrogens is 444 g/mol. The Morgan fingerprint density at radius 3 is 2.17 bits per heavy atom. The molecule has 184 valence electrons. The monoisotopic (exact) mass is 476 g/mol. The Labute approximate surface area is 205 Å². The van der Waals surface area contributed by atoms with Crippen LogP contribution in [0.15, 0.2) is 36.4 Å². The van der Waals surface area contributed by atoms with Gasteiger partial charge in [0, 0.05) is 35.5 Å². The number of nitrogen functional groups attached to an aromatic ring is 1. The Kier molecular flexibility index (Phi) is 6.47. The summed E-state index contributed by atoms with van der Waals surface area (Å²) in [6.45, 7) is 0. The summed E-state index contributed by atoms with van der Waals surface area (Å²) in [6.07, 6.45) is 6.18. The number of hydrogen-bond acceptors (Lipinski definition) is 7. The zero-order valence-electron chi connectivity index (χ0n) is 20.0. The van der Waals surface area contributed by atoms with Crippen LogP contribution in [0.5, 0.6) is 0 Å². The van der Waals surface area contributed by atoms with Crippen LogP contribution >= 0.6 is 0 Å². The summed E-state index contributed by atoms with van der Waals surface area (Å²) in [5, 5.41) is 0. The number of benzene rings is 2. The molecule has 0 spiro atoms. The first kappa shape index (κ1) is 23.7. The largest absolute Gasteiger partial charge is 0.462 e. The summed E-state index contributed by atoms with van der Waals surface area (Å²) >= 11 is 0. The molecule has 3 aliphatic rings. The summed E-state index contributed by atoms with van der Waals surface area (Å²) in [5.41, 5.74) is 14.2. The maximum absolute atomic E-state index is 13.3. The Hall–Kier alpha value is -3.03. The summed E-state index contributed by atoms with van der Waals surface area (Å²) in [6, 6.07) is 9.12. The van der Waals surface area contributed by atoms with E-state index in [1.807, 2.05) is 0 Å². The average molecular weight is 477 g/mol. The van der Waals surface area contributed by atoms with Gasteiger partial charge in [-0.15, -0.1) is 0 Å². The second-order valence-corrected chi connectivity index (χ2v) is 10.1. The molecule has 7 nitrogen and oxygen atoms in total. The Bertz CT molecular complexity index is 1180. The van der Waals surface area contributed by atoms with Crippen molar-refractivity contribution in [3.8, 4) is 0 Å². The molecule has 2 aromatic rings. The van der Waals surface area contributed by atoms with Crippen LogP contribution in [0.1, 0.15) is 88.4 Å². The van der Waals surface area contributed by atoms with Gasteiger partial charge in [0.05, 0.1) is 18.1 Å².